The van der Waals surface area contributed by atoms with Crippen LogP contribution in [0.2, 0.25) is 0 Å². The quantitative estimate of drug-likeness (QED) is 0.444. The summed E-state index contributed by atoms with van der Waals surface area (Å²) in [6.45, 7) is 7.31. The molecule has 0 spiro atoms. The van der Waals surface area contributed by atoms with Gasteiger partial charge in [-0.1, -0.05) is 0 Å². The first kappa shape index (κ1) is 22.9. The van der Waals surface area contributed by atoms with Gasteiger partial charge in [-0.05, 0) is 44.2 Å². The molecule has 2 aromatic carbocycles. The number of aromatic nitrogens is 4. The summed E-state index contributed by atoms with van der Waals surface area (Å²) < 4.78 is 18.4. The van der Waals surface area contributed by atoms with Gasteiger partial charge in [-0.15, -0.1) is 0 Å². The Hall–Kier alpha value is -3.85. The molecule has 1 N–H and O–H groups in total. The molecule has 5 rings (SSSR count). The molecule has 0 atom stereocenters. The smallest absolute Gasteiger partial charge is 0.165 e. The van der Waals surface area contributed by atoms with Crippen molar-refractivity contribution < 1.29 is 14.2 Å². The fourth-order valence-electron chi connectivity index (χ4n) is 4.47. The van der Waals surface area contributed by atoms with Crippen molar-refractivity contribution in [3.05, 3.63) is 47.8 Å². The fourth-order valence-corrected chi connectivity index (χ4v) is 4.47. The van der Waals surface area contributed by atoms with Gasteiger partial charge in [0.2, 0.25) is 0 Å². The zero-order valence-corrected chi connectivity index (χ0v) is 20.8. The standard InChI is InChI=1S/C26H30N6O3/c1-16-24(17(2)31(3)30-16)26-28-21-15-23(34-5)22(33-4)14-20(21)25(29-26)27-18-6-8-19(9-7-18)32-10-12-35-13-11-32/h6-9,14-15H,10-13H2,1-5H3,(H,27,28,29). The fraction of sp³-hybridized carbons (Fsp3) is 0.346. The van der Waals surface area contributed by atoms with E-state index in [4.69, 9.17) is 24.2 Å². The van der Waals surface area contributed by atoms with Crippen LogP contribution in [0.5, 0.6) is 11.5 Å². The highest BCUT2D eigenvalue weighted by atomic mass is 16.5. The molecule has 4 aromatic rings. The van der Waals surface area contributed by atoms with Crippen LogP contribution in [0.15, 0.2) is 36.4 Å². The molecular formula is C26H30N6O3. The maximum atomic E-state index is 5.55. The molecule has 1 saturated heterocycles. The third-order valence-corrected chi connectivity index (χ3v) is 6.44. The lowest BCUT2D eigenvalue weighted by Crippen LogP contribution is -2.36. The van der Waals surface area contributed by atoms with Gasteiger partial charge in [-0.3, -0.25) is 4.68 Å². The Morgan fingerprint density at radius 2 is 1.63 bits per heavy atom. The number of rotatable bonds is 6. The summed E-state index contributed by atoms with van der Waals surface area (Å²) >= 11 is 0. The Kier molecular flexibility index (Phi) is 6.17. The molecule has 9 heteroatoms. The average molecular weight is 475 g/mol. The van der Waals surface area contributed by atoms with Gasteiger partial charge in [0.25, 0.3) is 0 Å². The lowest BCUT2D eigenvalue weighted by atomic mass is 10.1. The van der Waals surface area contributed by atoms with Crippen LogP contribution >= 0.6 is 0 Å². The number of nitrogens with one attached hydrogen (secondary N) is 1. The Morgan fingerprint density at radius 3 is 2.26 bits per heavy atom. The van der Waals surface area contributed by atoms with Crippen LogP contribution in [0.25, 0.3) is 22.3 Å². The Bertz CT molecular complexity index is 1360. The highest BCUT2D eigenvalue weighted by Gasteiger charge is 2.19. The number of ether oxygens (including phenoxy) is 3. The van der Waals surface area contributed by atoms with Crippen LogP contribution in [0.4, 0.5) is 17.2 Å². The predicted octanol–water partition coefficient (Wildman–Crippen LogP) is 4.24. The summed E-state index contributed by atoms with van der Waals surface area (Å²) in [4.78, 5) is 12.2. The van der Waals surface area contributed by atoms with E-state index < -0.39 is 0 Å². The second kappa shape index (κ2) is 9.42. The van der Waals surface area contributed by atoms with E-state index in [1.54, 1.807) is 14.2 Å². The van der Waals surface area contributed by atoms with Crippen molar-refractivity contribution in [1.29, 1.82) is 0 Å². The van der Waals surface area contributed by atoms with E-state index in [9.17, 15) is 0 Å². The van der Waals surface area contributed by atoms with Crippen LogP contribution in [0.3, 0.4) is 0 Å². The molecule has 0 amide bonds. The van der Waals surface area contributed by atoms with Crippen molar-refractivity contribution in [2.75, 3.05) is 50.7 Å². The molecule has 0 saturated carbocycles. The van der Waals surface area contributed by atoms with Gasteiger partial charge in [-0.2, -0.15) is 5.10 Å². The van der Waals surface area contributed by atoms with Crippen molar-refractivity contribution in [3.8, 4) is 22.9 Å². The molecule has 0 bridgehead atoms. The largest absolute Gasteiger partial charge is 0.493 e. The molecule has 9 nitrogen and oxygen atoms in total. The molecule has 0 unspecified atom stereocenters. The van der Waals surface area contributed by atoms with E-state index in [0.29, 0.717) is 23.1 Å². The summed E-state index contributed by atoms with van der Waals surface area (Å²) in [5.74, 6) is 2.54. The molecule has 35 heavy (non-hydrogen) atoms. The molecule has 3 heterocycles. The van der Waals surface area contributed by atoms with Crippen molar-refractivity contribution >= 4 is 28.1 Å². The summed E-state index contributed by atoms with van der Waals surface area (Å²) in [7, 11) is 5.17. The maximum absolute atomic E-state index is 5.55. The summed E-state index contributed by atoms with van der Waals surface area (Å²) in [6.07, 6.45) is 0. The van der Waals surface area contributed by atoms with Crippen molar-refractivity contribution in [2.45, 2.75) is 13.8 Å². The van der Waals surface area contributed by atoms with Crippen LogP contribution in [-0.2, 0) is 11.8 Å². The van der Waals surface area contributed by atoms with E-state index in [1.165, 1.54) is 5.69 Å². The van der Waals surface area contributed by atoms with Crippen LogP contribution < -0.4 is 19.7 Å². The Balaban J connectivity index is 1.59. The third-order valence-electron chi connectivity index (χ3n) is 6.44. The number of hydrogen-bond donors (Lipinski definition) is 1. The monoisotopic (exact) mass is 474 g/mol. The number of nitrogens with zero attached hydrogens (tertiary/aromatic N) is 5. The minimum atomic E-state index is 0.611. The summed E-state index contributed by atoms with van der Waals surface area (Å²) in [5, 5.41) is 8.89. The topological polar surface area (TPSA) is 86.6 Å². The van der Waals surface area contributed by atoms with Gasteiger partial charge in [-0.25, -0.2) is 9.97 Å². The first-order valence-corrected chi connectivity index (χ1v) is 11.6. The number of hydrogen-bond acceptors (Lipinski definition) is 8. The minimum absolute atomic E-state index is 0.611. The van der Waals surface area contributed by atoms with Crippen molar-refractivity contribution in [3.63, 3.8) is 0 Å². The first-order chi connectivity index (χ1) is 17.0. The second-order valence-electron chi connectivity index (χ2n) is 8.56. The van der Waals surface area contributed by atoms with E-state index >= 15 is 0 Å². The van der Waals surface area contributed by atoms with E-state index in [2.05, 4.69) is 39.6 Å². The van der Waals surface area contributed by atoms with Gasteiger partial charge in [0, 0.05) is 48.7 Å². The molecule has 1 fully saturated rings. The van der Waals surface area contributed by atoms with Gasteiger partial charge >= 0.3 is 0 Å². The van der Waals surface area contributed by atoms with Crippen molar-refractivity contribution in [2.24, 2.45) is 7.05 Å². The molecule has 1 aliphatic heterocycles. The zero-order chi connectivity index (χ0) is 24.5. The highest BCUT2D eigenvalue weighted by molar-refractivity contribution is 5.94. The first-order valence-electron chi connectivity index (χ1n) is 11.6. The van der Waals surface area contributed by atoms with Gasteiger partial charge in [0.15, 0.2) is 17.3 Å². The number of benzene rings is 2. The van der Waals surface area contributed by atoms with Gasteiger partial charge in [0.1, 0.15) is 5.82 Å². The third kappa shape index (κ3) is 4.35. The van der Waals surface area contributed by atoms with Crippen LogP contribution in [-0.4, -0.2) is 60.3 Å². The average Bonchev–Trinajstić information content (AvgIpc) is 3.14. The number of morpholine rings is 1. The SMILES string of the molecule is COc1cc2nc(-c3c(C)nn(C)c3C)nc(Nc3ccc(N4CCOCC4)cc3)c2cc1OC. The van der Waals surface area contributed by atoms with Crippen molar-refractivity contribution in [1.82, 2.24) is 19.7 Å². The number of fused-ring (bicyclic) bond motifs is 1. The van der Waals surface area contributed by atoms with E-state index in [0.717, 1.165) is 59.8 Å². The number of anilines is 3. The highest BCUT2D eigenvalue weighted by Crippen LogP contribution is 2.37. The second-order valence-corrected chi connectivity index (χ2v) is 8.56. The lowest BCUT2D eigenvalue weighted by Gasteiger charge is -2.29. The Morgan fingerprint density at radius 1 is 0.943 bits per heavy atom. The molecule has 0 radical (unpaired) electrons. The lowest BCUT2D eigenvalue weighted by molar-refractivity contribution is 0.122. The summed E-state index contributed by atoms with van der Waals surface area (Å²) in [6, 6.07) is 12.2. The molecule has 182 valence electrons. The molecule has 0 aliphatic carbocycles. The number of aryl methyl sites for hydroxylation is 2. The normalized spacial score (nSPS) is 13.8. The van der Waals surface area contributed by atoms with E-state index in [-0.39, 0.29) is 0 Å². The van der Waals surface area contributed by atoms with Gasteiger partial charge < -0.3 is 24.4 Å². The molecule has 2 aromatic heterocycles. The summed E-state index contributed by atoms with van der Waals surface area (Å²) in [5.41, 5.74) is 5.67. The maximum Gasteiger partial charge on any atom is 0.165 e. The van der Waals surface area contributed by atoms with E-state index in [1.807, 2.05) is 37.7 Å². The van der Waals surface area contributed by atoms with Crippen LogP contribution in [0.1, 0.15) is 11.4 Å². The number of methoxy groups -OCH3 is 2. The zero-order valence-electron chi connectivity index (χ0n) is 20.8. The van der Waals surface area contributed by atoms with Crippen LogP contribution in [0, 0.1) is 13.8 Å². The Labute approximate surface area is 204 Å². The molecular weight excluding hydrogens is 444 g/mol. The minimum Gasteiger partial charge on any atom is -0.493 e. The predicted molar refractivity (Wildman–Crippen MR) is 137 cm³/mol. The molecule has 1 aliphatic rings. The van der Waals surface area contributed by atoms with Gasteiger partial charge in [0.05, 0.1) is 44.2 Å².